The van der Waals surface area contributed by atoms with E-state index in [4.69, 9.17) is 4.74 Å². The van der Waals surface area contributed by atoms with Crippen molar-refractivity contribution in [3.8, 4) is 5.75 Å². The van der Waals surface area contributed by atoms with Gasteiger partial charge in [-0.3, -0.25) is 4.79 Å². The Morgan fingerprint density at radius 3 is 2.54 bits per heavy atom. The molecule has 120 valence electrons. The summed E-state index contributed by atoms with van der Waals surface area (Å²) in [7, 11) is 0. The van der Waals surface area contributed by atoms with E-state index in [1.165, 1.54) is 0 Å². The number of nitrogens with one attached hydrogen (secondary N) is 1. The maximum Gasteiger partial charge on any atom is 0.271 e. The molecule has 4 nitrogen and oxygen atoms in total. The van der Waals surface area contributed by atoms with Crippen LogP contribution in [0.2, 0.25) is 0 Å². The van der Waals surface area contributed by atoms with E-state index in [1.807, 2.05) is 67.6 Å². The van der Waals surface area contributed by atoms with Crippen LogP contribution in [-0.4, -0.2) is 18.7 Å². The summed E-state index contributed by atoms with van der Waals surface area (Å²) in [6, 6.07) is 21.0. The third-order valence-corrected chi connectivity index (χ3v) is 3.58. The van der Waals surface area contributed by atoms with Gasteiger partial charge in [0.05, 0.1) is 12.8 Å². The van der Waals surface area contributed by atoms with Gasteiger partial charge in [0, 0.05) is 5.56 Å². The molecule has 0 radical (unpaired) electrons. The summed E-state index contributed by atoms with van der Waals surface area (Å²) < 4.78 is 5.38. The van der Waals surface area contributed by atoms with Gasteiger partial charge in [0.2, 0.25) is 0 Å². The normalized spacial score (nSPS) is 10.9. The molecule has 0 fully saturated rings. The van der Waals surface area contributed by atoms with Crippen LogP contribution >= 0.6 is 0 Å². The lowest BCUT2D eigenvalue weighted by Crippen LogP contribution is -2.17. The Morgan fingerprint density at radius 1 is 1.04 bits per heavy atom. The zero-order chi connectivity index (χ0) is 16.8. The maximum absolute atomic E-state index is 12.2. The molecule has 0 aliphatic rings. The van der Waals surface area contributed by atoms with E-state index in [0.717, 1.165) is 22.1 Å². The number of rotatable bonds is 5. The van der Waals surface area contributed by atoms with Gasteiger partial charge in [0.1, 0.15) is 5.75 Å². The molecule has 0 saturated heterocycles. The van der Waals surface area contributed by atoms with Crippen molar-refractivity contribution in [1.29, 1.82) is 0 Å². The van der Waals surface area contributed by atoms with Gasteiger partial charge in [0.25, 0.3) is 5.91 Å². The molecular formula is C20H18N2O2. The Balaban J connectivity index is 1.65. The molecule has 0 aliphatic carbocycles. The van der Waals surface area contributed by atoms with Crippen LogP contribution < -0.4 is 10.2 Å². The third kappa shape index (κ3) is 3.79. The Morgan fingerprint density at radius 2 is 1.79 bits per heavy atom. The standard InChI is InChI=1S/C20H18N2O2/c1-2-24-19-11-7-15(8-12-19)14-21-22-20(23)18-10-9-16-5-3-4-6-17(16)13-18/h3-14H,2H2,1H3,(H,22,23)/b21-14-. The van der Waals surface area contributed by atoms with Crippen LogP contribution in [0.25, 0.3) is 10.8 Å². The van der Waals surface area contributed by atoms with E-state index in [1.54, 1.807) is 12.3 Å². The van der Waals surface area contributed by atoms with Crippen LogP contribution in [0.4, 0.5) is 0 Å². The fraction of sp³-hybridized carbons (Fsp3) is 0.100. The van der Waals surface area contributed by atoms with Crippen molar-refractivity contribution in [2.75, 3.05) is 6.61 Å². The average molecular weight is 318 g/mol. The fourth-order valence-electron chi connectivity index (χ4n) is 2.38. The number of benzene rings is 3. The SMILES string of the molecule is CCOc1ccc(/C=N\NC(=O)c2ccc3ccccc3c2)cc1. The number of carbonyl (C=O) groups excluding carboxylic acids is 1. The monoisotopic (exact) mass is 318 g/mol. The molecule has 4 heteroatoms. The van der Waals surface area contributed by atoms with Gasteiger partial charge in [-0.2, -0.15) is 5.10 Å². The molecule has 0 heterocycles. The average Bonchev–Trinajstić information content (AvgIpc) is 2.63. The van der Waals surface area contributed by atoms with Gasteiger partial charge in [-0.1, -0.05) is 30.3 Å². The lowest BCUT2D eigenvalue weighted by atomic mass is 10.1. The van der Waals surface area contributed by atoms with E-state index in [2.05, 4.69) is 10.5 Å². The highest BCUT2D eigenvalue weighted by molar-refractivity contribution is 5.98. The highest BCUT2D eigenvalue weighted by Gasteiger charge is 2.04. The first kappa shape index (κ1) is 15.7. The zero-order valence-electron chi connectivity index (χ0n) is 13.4. The highest BCUT2D eigenvalue weighted by atomic mass is 16.5. The van der Waals surface area contributed by atoms with E-state index in [9.17, 15) is 4.79 Å². The summed E-state index contributed by atoms with van der Waals surface area (Å²) in [5.41, 5.74) is 4.02. The molecule has 0 aromatic heterocycles. The third-order valence-electron chi connectivity index (χ3n) is 3.58. The fourth-order valence-corrected chi connectivity index (χ4v) is 2.38. The Kier molecular flexibility index (Phi) is 4.87. The number of amides is 1. The number of ether oxygens (including phenoxy) is 1. The van der Waals surface area contributed by atoms with Crippen molar-refractivity contribution in [1.82, 2.24) is 5.43 Å². The Bertz CT molecular complexity index is 870. The van der Waals surface area contributed by atoms with Gasteiger partial charge in [-0.25, -0.2) is 5.43 Å². The van der Waals surface area contributed by atoms with Crippen molar-refractivity contribution in [2.24, 2.45) is 5.10 Å². The molecule has 0 spiro atoms. The molecule has 0 atom stereocenters. The summed E-state index contributed by atoms with van der Waals surface area (Å²) in [4.78, 5) is 12.2. The second-order valence-corrected chi connectivity index (χ2v) is 5.26. The van der Waals surface area contributed by atoms with E-state index in [0.29, 0.717) is 12.2 Å². The van der Waals surface area contributed by atoms with Crippen LogP contribution in [-0.2, 0) is 0 Å². The van der Waals surface area contributed by atoms with Crippen molar-refractivity contribution in [2.45, 2.75) is 6.92 Å². The predicted molar refractivity (Wildman–Crippen MR) is 96.6 cm³/mol. The smallest absolute Gasteiger partial charge is 0.271 e. The van der Waals surface area contributed by atoms with Crippen molar-refractivity contribution in [3.05, 3.63) is 77.9 Å². The van der Waals surface area contributed by atoms with Gasteiger partial charge >= 0.3 is 0 Å². The zero-order valence-corrected chi connectivity index (χ0v) is 13.4. The van der Waals surface area contributed by atoms with Gasteiger partial charge in [-0.05, 0) is 59.7 Å². The highest BCUT2D eigenvalue weighted by Crippen LogP contribution is 2.15. The predicted octanol–water partition coefficient (Wildman–Crippen LogP) is 4.00. The van der Waals surface area contributed by atoms with Crippen molar-refractivity contribution >= 4 is 22.9 Å². The lowest BCUT2D eigenvalue weighted by Gasteiger charge is -2.03. The molecule has 0 bridgehead atoms. The number of hydrazone groups is 1. The Hall–Kier alpha value is -3.14. The number of hydrogen-bond acceptors (Lipinski definition) is 3. The molecule has 24 heavy (non-hydrogen) atoms. The second-order valence-electron chi connectivity index (χ2n) is 5.26. The molecule has 1 amide bonds. The topological polar surface area (TPSA) is 50.7 Å². The molecule has 1 N–H and O–H groups in total. The first-order chi connectivity index (χ1) is 11.8. The number of carbonyl (C=O) groups is 1. The Labute approximate surface area is 140 Å². The first-order valence-corrected chi connectivity index (χ1v) is 7.81. The van der Waals surface area contributed by atoms with Crippen LogP contribution in [0.5, 0.6) is 5.75 Å². The molecule has 3 rings (SSSR count). The molecule has 3 aromatic carbocycles. The van der Waals surface area contributed by atoms with E-state index >= 15 is 0 Å². The van der Waals surface area contributed by atoms with Gasteiger partial charge < -0.3 is 4.74 Å². The molecule has 0 aliphatic heterocycles. The molecular weight excluding hydrogens is 300 g/mol. The first-order valence-electron chi connectivity index (χ1n) is 7.81. The second kappa shape index (κ2) is 7.42. The lowest BCUT2D eigenvalue weighted by molar-refractivity contribution is 0.0955. The summed E-state index contributed by atoms with van der Waals surface area (Å²) in [6.45, 7) is 2.58. The molecule has 0 unspecified atom stereocenters. The number of hydrogen-bond donors (Lipinski definition) is 1. The summed E-state index contributed by atoms with van der Waals surface area (Å²) in [6.07, 6.45) is 1.61. The van der Waals surface area contributed by atoms with Crippen molar-refractivity contribution in [3.63, 3.8) is 0 Å². The minimum atomic E-state index is -0.233. The van der Waals surface area contributed by atoms with Crippen LogP contribution in [0.15, 0.2) is 71.8 Å². The number of fused-ring (bicyclic) bond motifs is 1. The minimum absolute atomic E-state index is 0.233. The number of nitrogens with zero attached hydrogens (tertiary/aromatic N) is 1. The largest absolute Gasteiger partial charge is 0.494 e. The quantitative estimate of drug-likeness (QED) is 0.571. The van der Waals surface area contributed by atoms with E-state index in [-0.39, 0.29) is 5.91 Å². The minimum Gasteiger partial charge on any atom is -0.494 e. The molecule has 3 aromatic rings. The van der Waals surface area contributed by atoms with Crippen LogP contribution in [0.1, 0.15) is 22.8 Å². The van der Waals surface area contributed by atoms with E-state index < -0.39 is 0 Å². The van der Waals surface area contributed by atoms with Crippen LogP contribution in [0, 0.1) is 0 Å². The van der Waals surface area contributed by atoms with Gasteiger partial charge in [-0.15, -0.1) is 0 Å². The van der Waals surface area contributed by atoms with Crippen molar-refractivity contribution < 1.29 is 9.53 Å². The summed E-state index contributed by atoms with van der Waals surface area (Å²) in [5.74, 6) is 0.581. The summed E-state index contributed by atoms with van der Waals surface area (Å²) >= 11 is 0. The van der Waals surface area contributed by atoms with Gasteiger partial charge in [0.15, 0.2) is 0 Å². The van der Waals surface area contributed by atoms with Crippen LogP contribution in [0.3, 0.4) is 0 Å². The molecule has 0 saturated carbocycles. The summed E-state index contributed by atoms with van der Waals surface area (Å²) in [5, 5.41) is 6.14. The maximum atomic E-state index is 12.2.